The van der Waals surface area contributed by atoms with Crippen LogP contribution in [-0.4, -0.2) is 5.78 Å². The van der Waals surface area contributed by atoms with Gasteiger partial charge < -0.3 is 0 Å². The predicted molar refractivity (Wildman–Crippen MR) is 59.1 cm³/mol. The van der Waals surface area contributed by atoms with E-state index < -0.39 is 0 Å². The van der Waals surface area contributed by atoms with Crippen LogP contribution in [0.1, 0.15) is 12.5 Å². The number of hydrogen-bond donors (Lipinski definition) is 0. The maximum Gasteiger partial charge on any atom is 0.165 e. The Morgan fingerprint density at radius 2 is 1.92 bits per heavy atom. The highest BCUT2D eigenvalue weighted by molar-refractivity contribution is 14.1. The van der Waals surface area contributed by atoms with Crippen molar-refractivity contribution in [3.63, 3.8) is 0 Å². The zero-order chi connectivity index (χ0) is 8.97. The number of allylic oxidation sites excluding steroid dienone is 1. The van der Waals surface area contributed by atoms with E-state index in [-0.39, 0.29) is 5.78 Å². The molecule has 12 heavy (non-hydrogen) atoms. The molecular weight excluding hydrogens is 263 g/mol. The van der Waals surface area contributed by atoms with Gasteiger partial charge in [-0.1, -0.05) is 30.3 Å². The number of hydrogen-bond acceptors (Lipinski definition) is 1. The molecule has 0 saturated carbocycles. The van der Waals surface area contributed by atoms with Crippen molar-refractivity contribution in [1.29, 1.82) is 0 Å². The van der Waals surface area contributed by atoms with Crippen LogP contribution in [0.2, 0.25) is 0 Å². The Morgan fingerprint density at radius 1 is 1.33 bits per heavy atom. The van der Waals surface area contributed by atoms with Crippen molar-refractivity contribution in [2.75, 3.05) is 0 Å². The fraction of sp³-hybridized carbons (Fsp3) is 0.100. The van der Waals surface area contributed by atoms with Crippen LogP contribution in [0.5, 0.6) is 0 Å². The molecule has 2 heteroatoms. The Morgan fingerprint density at radius 3 is 2.42 bits per heavy atom. The standard InChI is InChI=1S/C10H9IO/c1-8(12)10(11)7-9-5-3-2-4-6-9/h2-7H,1H3/b10-7-. The molecule has 0 N–H and O–H groups in total. The highest BCUT2D eigenvalue weighted by Crippen LogP contribution is 2.12. The maximum absolute atomic E-state index is 10.9. The van der Waals surface area contributed by atoms with E-state index in [2.05, 4.69) is 0 Å². The minimum Gasteiger partial charge on any atom is -0.294 e. The molecule has 0 aliphatic rings. The number of carbonyl (C=O) groups excluding carboxylic acids is 1. The second-order valence-corrected chi connectivity index (χ2v) is 3.62. The lowest BCUT2D eigenvalue weighted by Crippen LogP contribution is -1.86. The van der Waals surface area contributed by atoms with E-state index in [0.717, 1.165) is 9.14 Å². The van der Waals surface area contributed by atoms with Crippen molar-refractivity contribution in [2.45, 2.75) is 6.92 Å². The van der Waals surface area contributed by atoms with Gasteiger partial charge in [-0.05, 0) is 41.2 Å². The number of carbonyl (C=O) groups is 1. The van der Waals surface area contributed by atoms with E-state index in [1.807, 2.05) is 59.0 Å². The first kappa shape index (κ1) is 9.45. The van der Waals surface area contributed by atoms with Gasteiger partial charge in [0.2, 0.25) is 0 Å². The summed E-state index contributed by atoms with van der Waals surface area (Å²) >= 11 is 2.05. The van der Waals surface area contributed by atoms with Gasteiger partial charge in [0.25, 0.3) is 0 Å². The third kappa shape index (κ3) is 2.77. The Kier molecular flexibility index (Phi) is 3.47. The van der Waals surface area contributed by atoms with Crippen LogP contribution in [0.4, 0.5) is 0 Å². The highest BCUT2D eigenvalue weighted by Gasteiger charge is 1.96. The lowest BCUT2D eigenvalue weighted by molar-refractivity contribution is -0.112. The molecule has 0 heterocycles. The lowest BCUT2D eigenvalue weighted by Gasteiger charge is -1.93. The fourth-order valence-electron chi connectivity index (χ4n) is 0.797. The van der Waals surface area contributed by atoms with Gasteiger partial charge in [-0.2, -0.15) is 0 Å². The Bertz CT molecular complexity index is 301. The van der Waals surface area contributed by atoms with Crippen molar-refractivity contribution in [2.24, 2.45) is 0 Å². The molecule has 0 spiro atoms. The minimum absolute atomic E-state index is 0.111. The average molecular weight is 272 g/mol. The summed E-state index contributed by atoms with van der Waals surface area (Å²) in [5.74, 6) is 0.111. The van der Waals surface area contributed by atoms with Crippen LogP contribution in [0.3, 0.4) is 0 Å². The van der Waals surface area contributed by atoms with Crippen molar-refractivity contribution >= 4 is 34.5 Å². The number of halogens is 1. The number of benzene rings is 1. The fourth-order valence-corrected chi connectivity index (χ4v) is 1.16. The molecular formula is C10H9IO. The second kappa shape index (κ2) is 4.40. The maximum atomic E-state index is 10.9. The number of ketones is 1. The molecule has 0 aromatic heterocycles. The van der Waals surface area contributed by atoms with Crippen LogP contribution >= 0.6 is 22.6 Å². The van der Waals surface area contributed by atoms with Crippen molar-refractivity contribution < 1.29 is 4.79 Å². The first-order valence-electron chi connectivity index (χ1n) is 3.63. The van der Waals surface area contributed by atoms with Crippen LogP contribution in [-0.2, 0) is 4.79 Å². The summed E-state index contributed by atoms with van der Waals surface area (Å²) in [5, 5.41) is 0. The van der Waals surface area contributed by atoms with Gasteiger partial charge >= 0.3 is 0 Å². The average Bonchev–Trinajstić information content (AvgIpc) is 2.06. The molecule has 0 aliphatic heterocycles. The Labute approximate surface area is 85.6 Å². The summed E-state index contributed by atoms with van der Waals surface area (Å²) in [4.78, 5) is 10.9. The Balaban J connectivity index is 2.89. The molecule has 0 fully saturated rings. The van der Waals surface area contributed by atoms with Crippen LogP contribution in [0, 0.1) is 0 Å². The molecule has 1 aromatic carbocycles. The van der Waals surface area contributed by atoms with Gasteiger partial charge in [0, 0.05) is 0 Å². The molecule has 0 aliphatic carbocycles. The normalized spacial score (nSPS) is 11.3. The topological polar surface area (TPSA) is 17.1 Å². The minimum atomic E-state index is 0.111. The van der Waals surface area contributed by atoms with Crippen LogP contribution < -0.4 is 0 Å². The third-order valence-corrected chi connectivity index (χ3v) is 2.50. The zero-order valence-corrected chi connectivity index (χ0v) is 8.91. The van der Waals surface area contributed by atoms with Crippen molar-refractivity contribution in [3.8, 4) is 0 Å². The third-order valence-electron chi connectivity index (χ3n) is 1.43. The summed E-state index contributed by atoms with van der Waals surface area (Å²) in [6.45, 7) is 1.57. The number of Topliss-reactive ketones (excluding diaryl/α,β-unsaturated/α-hetero) is 1. The summed E-state index contributed by atoms with van der Waals surface area (Å²) in [6.07, 6.45) is 1.88. The summed E-state index contributed by atoms with van der Waals surface area (Å²) in [5.41, 5.74) is 1.07. The van der Waals surface area contributed by atoms with E-state index >= 15 is 0 Å². The molecule has 0 atom stereocenters. The van der Waals surface area contributed by atoms with Gasteiger partial charge in [0.1, 0.15) is 0 Å². The largest absolute Gasteiger partial charge is 0.294 e. The second-order valence-electron chi connectivity index (χ2n) is 2.46. The van der Waals surface area contributed by atoms with Gasteiger partial charge in [-0.3, -0.25) is 4.79 Å². The zero-order valence-electron chi connectivity index (χ0n) is 6.75. The van der Waals surface area contributed by atoms with Crippen LogP contribution in [0.15, 0.2) is 33.9 Å². The quantitative estimate of drug-likeness (QED) is 0.597. The molecule has 0 amide bonds. The summed E-state index contributed by atoms with van der Waals surface area (Å²) in [7, 11) is 0. The smallest absolute Gasteiger partial charge is 0.165 e. The lowest BCUT2D eigenvalue weighted by atomic mass is 10.2. The van der Waals surface area contributed by atoms with E-state index in [0.29, 0.717) is 0 Å². The molecule has 1 aromatic rings. The van der Waals surface area contributed by atoms with E-state index in [4.69, 9.17) is 0 Å². The molecule has 1 nitrogen and oxygen atoms in total. The van der Waals surface area contributed by atoms with Gasteiger partial charge in [0.15, 0.2) is 5.78 Å². The first-order valence-corrected chi connectivity index (χ1v) is 4.71. The van der Waals surface area contributed by atoms with Crippen molar-refractivity contribution in [1.82, 2.24) is 0 Å². The highest BCUT2D eigenvalue weighted by atomic mass is 127. The SMILES string of the molecule is CC(=O)/C(I)=C/c1ccccc1. The molecule has 0 bridgehead atoms. The summed E-state index contributed by atoms with van der Waals surface area (Å²) < 4.78 is 0.763. The van der Waals surface area contributed by atoms with E-state index in [1.54, 1.807) is 6.92 Å². The molecule has 0 unspecified atom stereocenters. The molecule has 1 rings (SSSR count). The van der Waals surface area contributed by atoms with Crippen molar-refractivity contribution in [3.05, 3.63) is 39.5 Å². The first-order chi connectivity index (χ1) is 5.70. The molecule has 62 valence electrons. The van der Waals surface area contributed by atoms with E-state index in [1.165, 1.54) is 0 Å². The predicted octanol–water partition coefficient (Wildman–Crippen LogP) is 3.05. The summed E-state index contributed by atoms with van der Waals surface area (Å²) in [6, 6.07) is 9.81. The van der Waals surface area contributed by atoms with Gasteiger partial charge in [0.05, 0.1) is 3.58 Å². The molecule has 0 radical (unpaired) electrons. The molecule has 0 saturated heterocycles. The number of rotatable bonds is 2. The van der Waals surface area contributed by atoms with Gasteiger partial charge in [-0.15, -0.1) is 0 Å². The Hall–Kier alpha value is -0.640. The monoisotopic (exact) mass is 272 g/mol. The van der Waals surface area contributed by atoms with E-state index in [9.17, 15) is 4.79 Å². The van der Waals surface area contributed by atoms with Crippen LogP contribution in [0.25, 0.3) is 6.08 Å². The van der Waals surface area contributed by atoms with Gasteiger partial charge in [-0.25, -0.2) is 0 Å².